The Morgan fingerprint density at radius 2 is 2.44 bits per heavy atom. The molecule has 2 heterocycles. The Balaban J connectivity index is 2.40. The van der Waals surface area contributed by atoms with Crippen LogP contribution in [-0.4, -0.2) is 30.8 Å². The van der Waals surface area contributed by atoms with Gasteiger partial charge in [0.15, 0.2) is 5.16 Å². The fourth-order valence-corrected chi connectivity index (χ4v) is 2.31. The van der Waals surface area contributed by atoms with E-state index in [0.29, 0.717) is 22.3 Å². The molecule has 2 rings (SSSR count). The van der Waals surface area contributed by atoms with Crippen molar-refractivity contribution in [3.63, 3.8) is 0 Å². The Hall–Kier alpha value is -2.16. The molecule has 0 bridgehead atoms. The normalized spacial score (nSPS) is 10.5. The average molecular weight is 265 g/mol. The number of nitrogens with two attached hydrogens (primary N) is 1. The second-order valence-corrected chi connectivity index (χ2v) is 4.28. The minimum Gasteiger partial charge on any atom is -0.384 e. The standard InChI is InChI=1S/C9H11N7OS/c1-2-16-8(17)14-15-9(16)18-7-5(6(10)11)3-4-12-13-7/h3-4H,2H2,1H3,(H3,10,11)(H,14,17). The van der Waals surface area contributed by atoms with Crippen LogP contribution < -0.4 is 11.4 Å². The van der Waals surface area contributed by atoms with Gasteiger partial charge in [0.1, 0.15) is 10.9 Å². The Labute approximate surface area is 106 Å². The van der Waals surface area contributed by atoms with Crippen molar-refractivity contribution in [2.75, 3.05) is 0 Å². The summed E-state index contributed by atoms with van der Waals surface area (Å²) in [5.74, 6) is -0.103. The minimum atomic E-state index is -0.284. The van der Waals surface area contributed by atoms with Crippen LogP contribution in [0, 0.1) is 5.41 Å². The van der Waals surface area contributed by atoms with Crippen LogP contribution in [0.2, 0.25) is 0 Å². The summed E-state index contributed by atoms with van der Waals surface area (Å²) in [4.78, 5) is 11.4. The zero-order chi connectivity index (χ0) is 13.1. The lowest BCUT2D eigenvalue weighted by atomic mass is 10.3. The van der Waals surface area contributed by atoms with Crippen molar-refractivity contribution in [2.45, 2.75) is 23.7 Å². The van der Waals surface area contributed by atoms with Gasteiger partial charge in [0.25, 0.3) is 0 Å². The van der Waals surface area contributed by atoms with E-state index in [1.54, 1.807) is 6.07 Å². The molecule has 4 N–H and O–H groups in total. The predicted octanol–water partition coefficient (Wildman–Crippen LogP) is -0.183. The van der Waals surface area contributed by atoms with Gasteiger partial charge in [0.05, 0.1) is 11.8 Å². The highest BCUT2D eigenvalue weighted by atomic mass is 32.2. The summed E-state index contributed by atoms with van der Waals surface area (Å²) in [6, 6.07) is 1.60. The molecule has 2 aromatic heterocycles. The van der Waals surface area contributed by atoms with Crippen LogP contribution in [0.15, 0.2) is 27.2 Å². The van der Waals surface area contributed by atoms with Crippen molar-refractivity contribution in [3.8, 4) is 0 Å². The van der Waals surface area contributed by atoms with Gasteiger partial charge in [-0.3, -0.25) is 9.98 Å². The second-order valence-electron chi connectivity index (χ2n) is 3.32. The maximum atomic E-state index is 11.4. The van der Waals surface area contributed by atoms with E-state index in [0.717, 1.165) is 11.8 Å². The fraction of sp³-hybridized carbons (Fsp3) is 0.222. The number of nitrogens with one attached hydrogen (secondary N) is 2. The van der Waals surface area contributed by atoms with E-state index >= 15 is 0 Å². The topological polar surface area (TPSA) is 126 Å². The van der Waals surface area contributed by atoms with Gasteiger partial charge in [-0.25, -0.2) is 9.89 Å². The number of amidine groups is 1. The van der Waals surface area contributed by atoms with E-state index in [1.807, 2.05) is 6.92 Å². The molecule has 0 saturated carbocycles. The molecule has 0 saturated heterocycles. The first-order valence-corrected chi connectivity index (χ1v) is 5.94. The van der Waals surface area contributed by atoms with Crippen LogP contribution in [0.3, 0.4) is 0 Å². The SMILES string of the molecule is CCn1c(Sc2nnccc2C(=N)N)n[nH]c1=O. The summed E-state index contributed by atoms with van der Waals surface area (Å²) >= 11 is 1.14. The third-order valence-electron chi connectivity index (χ3n) is 2.20. The first kappa shape index (κ1) is 12.3. The van der Waals surface area contributed by atoms with Crippen LogP contribution in [0.4, 0.5) is 0 Å². The van der Waals surface area contributed by atoms with Crippen molar-refractivity contribution in [2.24, 2.45) is 5.73 Å². The second kappa shape index (κ2) is 5.00. The smallest absolute Gasteiger partial charge is 0.343 e. The quantitative estimate of drug-likeness (QED) is 0.520. The molecule has 0 atom stereocenters. The van der Waals surface area contributed by atoms with Gasteiger partial charge >= 0.3 is 5.69 Å². The van der Waals surface area contributed by atoms with E-state index in [2.05, 4.69) is 20.4 Å². The molecular weight excluding hydrogens is 254 g/mol. The highest BCUT2D eigenvalue weighted by Crippen LogP contribution is 2.25. The van der Waals surface area contributed by atoms with E-state index < -0.39 is 0 Å². The third-order valence-corrected chi connectivity index (χ3v) is 3.19. The fourth-order valence-electron chi connectivity index (χ4n) is 1.35. The zero-order valence-electron chi connectivity index (χ0n) is 9.54. The summed E-state index contributed by atoms with van der Waals surface area (Å²) < 4.78 is 1.46. The first-order chi connectivity index (χ1) is 8.63. The zero-order valence-corrected chi connectivity index (χ0v) is 10.4. The van der Waals surface area contributed by atoms with Crippen LogP contribution in [0.25, 0.3) is 0 Å². The largest absolute Gasteiger partial charge is 0.384 e. The minimum absolute atomic E-state index is 0.103. The Kier molecular flexibility index (Phi) is 3.42. The summed E-state index contributed by atoms with van der Waals surface area (Å²) in [6.45, 7) is 2.33. The lowest BCUT2D eigenvalue weighted by Gasteiger charge is -2.05. The molecule has 0 spiro atoms. The molecule has 94 valence electrons. The van der Waals surface area contributed by atoms with E-state index in [1.165, 1.54) is 10.8 Å². The maximum absolute atomic E-state index is 11.4. The number of hydrogen-bond acceptors (Lipinski definition) is 6. The molecule has 9 heteroatoms. The monoisotopic (exact) mass is 265 g/mol. The van der Waals surface area contributed by atoms with E-state index in [4.69, 9.17) is 11.1 Å². The van der Waals surface area contributed by atoms with E-state index in [9.17, 15) is 4.79 Å². The number of hydrogen-bond donors (Lipinski definition) is 3. The number of aromatic amines is 1. The molecule has 0 radical (unpaired) electrons. The Morgan fingerprint density at radius 1 is 1.67 bits per heavy atom. The molecule has 18 heavy (non-hydrogen) atoms. The van der Waals surface area contributed by atoms with Gasteiger partial charge in [-0.2, -0.15) is 5.10 Å². The molecule has 0 unspecified atom stereocenters. The molecule has 0 aliphatic rings. The number of H-pyrrole nitrogens is 1. The van der Waals surface area contributed by atoms with Gasteiger partial charge in [-0.05, 0) is 24.8 Å². The molecule has 2 aromatic rings. The molecular formula is C9H11N7OS. The van der Waals surface area contributed by atoms with Crippen molar-refractivity contribution in [1.29, 1.82) is 5.41 Å². The highest BCUT2D eigenvalue weighted by molar-refractivity contribution is 7.99. The number of aromatic nitrogens is 5. The number of rotatable bonds is 4. The van der Waals surface area contributed by atoms with Gasteiger partial charge in [-0.15, -0.1) is 10.2 Å². The average Bonchev–Trinajstić information content (AvgIpc) is 2.70. The number of nitrogen functional groups attached to an aromatic ring is 1. The predicted molar refractivity (Wildman–Crippen MR) is 65.7 cm³/mol. The molecule has 0 amide bonds. The van der Waals surface area contributed by atoms with Crippen molar-refractivity contribution in [1.82, 2.24) is 25.0 Å². The van der Waals surface area contributed by atoms with Crippen LogP contribution in [-0.2, 0) is 6.54 Å². The first-order valence-electron chi connectivity index (χ1n) is 5.12. The van der Waals surface area contributed by atoms with Gasteiger partial charge < -0.3 is 5.73 Å². The van der Waals surface area contributed by atoms with E-state index in [-0.39, 0.29) is 11.5 Å². The highest BCUT2D eigenvalue weighted by Gasteiger charge is 2.14. The summed E-state index contributed by atoms with van der Waals surface area (Å²) in [5, 5.41) is 22.2. The lowest BCUT2D eigenvalue weighted by Crippen LogP contribution is -2.16. The van der Waals surface area contributed by atoms with Crippen LogP contribution in [0.5, 0.6) is 0 Å². The van der Waals surface area contributed by atoms with Crippen molar-refractivity contribution < 1.29 is 0 Å². The summed E-state index contributed by atoms with van der Waals surface area (Å²) in [7, 11) is 0. The van der Waals surface area contributed by atoms with Crippen LogP contribution in [0.1, 0.15) is 12.5 Å². The van der Waals surface area contributed by atoms with Crippen molar-refractivity contribution in [3.05, 3.63) is 28.3 Å². The van der Waals surface area contributed by atoms with Gasteiger partial charge in [0.2, 0.25) is 0 Å². The third kappa shape index (κ3) is 2.25. The Bertz CT molecular complexity index is 632. The van der Waals surface area contributed by atoms with Crippen molar-refractivity contribution >= 4 is 17.6 Å². The molecule has 0 aliphatic heterocycles. The molecule has 8 nitrogen and oxygen atoms in total. The molecule has 0 fully saturated rings. The van der Waals surface area contributed by atoms with Gasteiger partial charge in [0, 0.05) is 6.54 Å². The summed E-state index contributed by atoms with van der Waals surface area (Å²) in [6.07, 6.45) is 1.46. The van der Waals surface area contributed by atoms with Gasteiger partial charge in [-0.1, -0.05) is 0 Å². The number of nitrogens with zero attached hydrogens (tertiary/aromatic N) is 4. The molecule has 0 aliphatic carbocycles. The maximum Gasteiger partial charge on any atom is 0.343 e. The molecule has 0 aromatic carbocycles. The van der Waals surface area contributed by atoms with Crippen LogP contribution >= 0.6 is 11.8 Å². The lowest BCUT2D eigenvalue weighted by molar-refractivity contribution is 0.659. The summed E-state index contributed by atoms with van der Waals surface area (Å²) in [5.41, 5.74) is 5.63. The Morgan fingerprint density at radius 3 is 3.11 bits per heavy atom.